The molecular weight excluding hydrogens is 146 g/mol. The Balaban J connectivity index is 2.90. The van der Waals surface area contributed by atoms with Crippen molar-refractivity contribution in [2.24, 2.45) is 5.92 Å². The fourth-order valence-corrected chi connectivity index (χ4v) is 1.26. The smallest absolute Gasteiger partial charge is 0.250 e. The van der Waals surface area contributed by atoms with Gasteiger partial charge in [0.1, 0.15) is 0 Å². The van der Waals surface area contributed by atoms with Gasteiger partial charge in [0.2, 0.25) is 0 Å². The highest BCUT2D eigenvalue weighted by Gasteiger charge is 2.19. The molecule has 0 aliphatic rings. The van der Waals surface area contributed by atoms with Crippen LogP contribution in [0, 0.1) is 12.5 Å². The number of hydrogen-bond acceptors (Lipinski definition) is 0. The fraction of sp³-hybridized carbons (Fsp3) is 0.364. The molecule has 12 heavy (non-hydrogen) atoms. The van der Waals surface area contributed by atoms with Gasteiger partial charge in [0, 0.05) is 11.5 Å². The lowest BCUT2D eigenvalue weighted by Crippen LogP contribution is -2.01. The third kappa shape index (κ3) is 1.85. The van der Waals surface area contributed by atoms with E-state index >= 15 is 0 Å². The van der Waals surface area contributed by atoms with Crippen LogP contribution in [0.4, 0.5) is 0 Å². The molecule has 0 amide bonds. The molecule has 0 saturated heterocycles. The molecule has 1 unspecified atom stereocenters. The highest BCUT2D eigenvalue weighted by atomic mass is 14.7. The topological polar surface area (TPSA) is 4.36 Å². The van der Waals surface area contributed by atoms with Crippen LogP contribution in [0.25, 0.3) is 4.85 Å². The molecule has 0 radical (unpaired) electrons. The van der Waals surface area contributed by atoms with Gasteiger partial charge in [-0.1, -0.05) is 44.2 Å². The van der Waals surface area contributed by atoms with E-state index in [1.165, 1.54) is 0 Å². The summed E-state index contributed by atoms with van der Waals surface area (Å²) < 4.78 is 0. The molecule has 0 fully saturated rings. The summed E-state index contributed by atoms with van der Waals surface area (Å²) in [5.41, 5.74) is 1.13. The molecule has 1 atom stereocenters. The van der Waals surface area contributed by atoms with E-state index < -0.39 is 0 Å². The lowest BCUT2D eigenvalue weighted by atomic mass is 9.97. The molecule has 1 aromatic rings. The lowest BCUT2D eigenvalue weighted by molar-refractivity contribution is 0.575. The van der Waals surface area contributed by atoms with E-state index in [0.29, 0.717) is 5.92 Å². The minimum absolute atomic E-state index is 0.0196. The van der Waals surface area contributed by atoms with Crippen molar-refractivity contribution in [1.82, 2.24) is 0 Å². The average molecular weight is 159 g/mol. The Morgan fingerprint density at radius 2 is 1.75 bits per heavy atom. The van der Waals surface area contributed by atoms with E-state index in [9.17, 15) is 0 Å². The monoisotopic (exact) mass is 159 g/mol. The van der Waals surface area contributed by atoms with Crippen LogP contribution in [0.15, 0.2) is 30.3 Å². The molecule has 62 valence electrons. The Labute approximate surface area is 73.9 Å². The molecule has 1 heteroatoms. The molecule has 0 spiro atoms. The Bertz CT molecular complexity index is 269. The first-order valence-electron chi connectivity index (χ1n) is 4.17. The van der Waals surface area contributed by atoms with Crippen LogP contribution in [-0.2, 0) is 0 Å². The highest BCUT2D eigenvalue weighted by molar-refractivity contribution is 5.21. The van der Waals surface area contributed by atoms with Gasteiger partial charge in [-0.2, -0.15) is 0 Å². The summed E-state index contributed by atoms with van der Waals surface area (Å²) in [6.07, 6.45) is 0. The van der Waals surface area contributed by atoms with E-state index in [-0.39, 0.29) is 6.04 Å². The molecule has 1 rings (SSSR count). The summed E-state index contributed by atoms with van der Waals surface area (Å²) in [4.78, 5) is 3.61. The van der Waals surface area contributed by atoms with Gasteiger partial charge < -0.3 is 4.85 Å². The molecule has 0 aromatic heterocycles. The van der Waals surface area contributed by atoms with E-state index in [0.717, 1.165) is 5.56 Å². The van der Waals surface area contributed by atoms with Crippen molar-refractivity contribution in [3.05, 3.63) is 47.3 Å². The predicted molar refractivity (Wildman–Crippen MR) is 50.6 cm³/mol. The summed E-state index contributed by atoms with van der Waals surface area (Å²) in [6, 6.07) is 9.99. The predicted octanol–water partition coefficient (Wildman–Crippen LogP) is 3.30. The highest BCUT2D eigenvalue weighted by Crippen LogP contribution is 2.24. The summed E-state index contributed by atoms with van der Waals surface area (Å²) in [5, 5.41) is 0. The first-order chi connectivity index (χ1) is 5.75. The van der Waals surface area contributed by atoms with Gasteiger partial charge in [0.15, 0.2) is 0 Å². The molecule has 0 N–H and O–H groups in total. The Hall–Kier alpha value is -1.29. The van der Waals surface area contributed by atoms with Crippen LogP contribution >= 0.6 is 0 Å². The van der Waals surface area contributed by atoms with Crippen LogP contribution in [0.3, 0.4) is 0 Å². The maximum Gasteiger partial charge on any atom is 0.250 e. The zero-order chi connectivity index (χ0) is 8.97. The first kappa shape index (κ1) is 8.80. The summed E-state index contributed by atoms with van der Waals surface area (Å²) >= 11 is 0. The van der Waals surface area contributed by atoms with Crippen LogP contribution in [0.2, 0.25) is 0 Å². The van der Waals surface area contributed by atoms with Crippen molar-refractivity contribution in [2.75, 3.05) is 0 Å². The van der Waals surface area contributed by atoms with Crippen molar-refractivity contribution >= 4 is 0 Å². The second kappa shape index (κ2) is 3.92. The first-order valence-corrected chi connectivity index (χ1v) is 4.17. The standard InChI is InChI=1S/C11H13N/c1-9(2)11(12-3)10-7-5-4-6-8-10/h4-9,11H,1-2H3. The van der Waals surface area contributed by atoms with Crippen molar-refractivity contribution in [3.63, 3.8) is 0 Å². The molecule has 0 heterocycles. The second-order valence-corrected chi connectivity index (χ2v) is 3.23. The van der Waals surface area contributed by atoms with E-state index in [4.69, 9.17) is 6.57 Å². The van der Waals surface area contributed by atoms with Crippen molar-refractivity contribution in [3.8, 4) is 0 Å². The maximum atomic E-state index is 7.05. The molecule has 0 saturated carbocycles. The molecule has 1 aromatic carbocycles. The van der Waals surface area contributed by atoms with Gasteiger partial charge in [-0.3, -0.25) is 0 Å². The van der Waals surface area contributed by atoms with E-state index in [2.05, 4.69) is 18.7 Å². The largest absolute Gasteiger partial charge is 0.308 e. The van der Waals surface area contributed by atoms with Gasteiger partial charge >= 0.3 is 0 Å². The lowest BCUT2D eigenvalue weighted by Gasteiger charge is -2.08. The Morgan fingerprint density at radius 1 is 1.17 bits per heavy atom. The minimum atomic E-state index is 0.0196. The zero-order valence-corrected chi connectivity index (χ0v) is 7.49. The minimum Gasteiger partial charge on any atom is -0.308 e. The van der Waals surface area contributed by atoms with Gasteiger partial charge in [-0.05, 0) is 0 Å². The quantitative estimate of drug-likeness (QED) is 0.583. The van der Waals surface area contributed by atoms with Gasteiger partial charge in [0.05, 0.1) is 0 Å². The zero-order valence-electron chi connectivity index (χ0n) is 7.49. The third-order valence-corrected chi connectivity index (χ3v) is 1.91. The molecule has 0 aliphatic carbocycles. The van der Waals surface area contributed by atoms with E-state index in [1.807, 2.05) is 30.3 Å². The summed E-state index contributed by atoms with van der Waals surface area (Å²) in [5.74, 6) is 0.393. The van der Waals surface area contributed by atoms with Crippen molar-refractivity contribution in [2.45, 2.75) is 19.9 Å². The van der Waals surface area contributed by atoms with Crippen LogP contribution in [-0.4, -0.2) is 0 Å². The van der Waals surface area contributed by atoms with Crippen molar-refractivity contribution < 1.29 is 0 Å². The SMILES string of the molecule is [C-]#[N+]C(c1ccccc1)C(C)C. The third-order valence-electron chi connectivity index (χ3n) is 1.91. The fourth-order valence-electron chi connectivity index (χ4n) is 1.26. The summed E-state index contributed by atoms with van der Waals surface area (Å²) in [6.45, 7) is 11.2. The second-order valence-electron chi connectivity index (χ2n) is 3.23. The van der Waals surface area contributed by atoms with Crippen LogP contribution in [0.1, 0.15) is 25.5 Å². The normalized spacial score (nSPS) is 12.5. The molecule has 0 bridgehead atoms. The van der Waals surface area contributed by atoms with Gasteiger partial charge in [-0.15, -0.1) is 0 Å². The summed E-state index contributed by atoms with van der Waals surface area (Å²) in [7, 11) is 0. The number of benzene rings is 1. The van der Waals surface area contributed by atoms with Gasteiger partial charge in [-0.25, -0.2) is 6.57 Å². The Kier molecular flexibility index (Phi) is 2.88. The molecular formula is C11H13N. The molecule has 0 aliphatic heterocycles. The average Bonchev–Trinajstić information content (AvgIpc) is 2.07. The van der Waals surface area contributed by atoms with E-state index in [1.54, 1.807) is 0 Å². The Morgan fingerprint density at radius 3 is 2.17 bits per heavy atom. The van der Waals surface area contributed by atoms with Crippen LogP contribution < -0.4 is 0 Å². The van der Waals surface area contributed by atoms with Crippen LogP contribution in [0.5, 0.6) is 0 Å². The molecule has 1 nitrogen and oxygen atoms in total. The van der Waals surface area contributed by atoms with Gasteiger partial charge in [0.25, 0.3) is 6.04 Å². The number of hydrogen-bond donors (Lipinski definition) is 0. The number of rotatable bonds is 2. The van der Waals surface area contributed by atoms with Crippen molar-refractivity contribution in [1.29, 1.82) is 0 Å². The maximum absolute atomic E-state index is 7.05. The number of nitrogens with zero attached hydrogens (tertiary/aromatic N) is 1.